The molecule has 2 N–H and O–H groups in total. The first-order valence-corrected chi connectivity index (χ1v) is 29.4. The molecule has 0 amide bonds. The summed E-state index contributed by atoms with van der Waals surface area (Å²) in [6.07, 6.45) is 6.75. The fourth-order valence-electron chi connectivity index (χ4n) is 11.3. The average Bonchev–Trinajstić information content (AvgIpc) is 3.45. The normalized spacial score (nSPS) is 16.8. The smallest absolute Gasteiger partial charge is 0.0548 e. The number of pyridine rings is 3. The molecule has 0 spiro atoms. The van der Waals surface area contributed by atoms with E-state index in [-0.39, 0.29) is 0 Å². The van der Waals surface area contributed by atoms with E-state index >= 15 is 0 Å². The Bertz CT molecular complexity index is 2400. The summed E-state index contributed by atoms with van der Waals surface area (Å²) in [5.74, 6) is 0. The maximum absolute atomic E-state index is 5.20. The van der Waals surface area contributed by atoms with Crippen molar-refractivity contribution < 1.29 is 0 Å². The number of aromatic nitrogens is 3. The number of benzene rings is 4. The molecular formula is C67H87N11. The molecule has 0 aliphatic carbocycles. The van der Waals surface area contributed by atoms with Gasteiger partial charge in [0.05, 0.1) is 34.2 Å². The van der Waals surface area contributed by atoms with Gasteiger partial charge in [0.1, 0.15) is 0 Å². The summed E-state index contributed by atoms with van der Waals surface area (Å²) in [5.41, 5.74) is 12.3. The number of nitrogens with one attached hydrogen (secondary N) is 2. The quantitative estimate of drug-likeness (QED) is 0.0717. The average molecular weight is 1050 g/mol. The first-order chi connectivity index (χ1) is 38.6. The van der Waals surface area contributed by atoms with Crippen LogP contribution >= 0.6 is 0 Å². The Kier molecular flexibility index (Phi) is 23.4. The largest absolute Gasteiger partial charge is 0.311 e. The summed E-state index contributed by atoms with van der Waals surface area (Å²) in [6, 6.07) is 63.4. The van der Waals surface area contributed by atoms with Crippen molar-refractivity contribution in [3.05, 3.63) is 232 Å². The molecular weight excluding hydrogens is 959 g/mol. The second-order valence-electron chi connectivity index (χ2n) is 21.8. The molecule has 78 heavy (non-hydrogen) atoms. The van der Waals surface area contributed by atoms with Gasteiger partial charge in [0.25, 0.3) is 0 Å². The number of fused-ring (bicyclic) bond motifs is 4. The molecule has 410 valence electrons. The van der Waals surface area contributed by atoms with Crippen LogP contribution in [0.15, 0.2) is 176 Å². The first-order valence-electron chi connectivity index (χ1n) is 29.4. The number of hydrogen-bond donors (Lipinski definition) is 2. The molecule has 0 unspecified atom stereocenters. The molecule has 11 heteroatoms. The van der Waals surface area contributed by atoms with Crippen LogP contribution in [0.5, 0.6) is 0 Å². The van der Waals surface area contributed by atoms with E-state index < -0.39 is 0 Å². The highest BCUT2D eigenvalue weighted by molar-refractivity contribution is 5.20. The van der Waals surface area contributed by atoms with Gasteiger partial charge in [-0.2, -0.15) is 0 Å². The van der Waals surface area contributed by atoms with Crippen LogP contribution in [-0.4, -0.2) is 123 Å². The summed E-state index contributed by atoms with van der Waals surface area (Å²) >= 11 is 0. The van der Waals surface area contributed by atoms with Gasteiger partial charge in [0.15, 0.2) is 0 Å². The molecule has 2 aliphatic rings. The molecule has 7 aromatic rings. The van der Waals surface area contributed by atoms with Crippen molar-refractivity contribution >= 4 is 0 Å². The number of rotatable bonds is 20. The van der Waals surface area contributed by atoms with Crippen molar-refractivity contribution in [2.24, 2.45) is 0 Å². The van der Waals surface area contributed by atoms with E-state index in [1.165, 1.54) is 22.3 Å². The van der Waals surface area contributed by atoms with Gasteiger partial charge in [0.2, 0.25) is 0 Å². The molecule has 4 aromatic carbocycles. The van der Waals surface area contributed by atoms with Crippen LogP contribution in [0, 0.1) is 0 Å². The molecule has 0 radical (unpaired) electrons. The highest BCUT2D eigenvalue weighted by Gasteiger charge is 2.18. The van der Waals surface area contributed by atoms with E-state index in [0.717, 1.165) is 217 Å². The SMILES string of the molecule is c1ccc(CN2CCCN(CCCNCc3cccc(CNCCCN4CCCN(Cc5ccccc5)Cc5cccc(n5)CN(Cc5ccccc5)CCC4)n3)CCCN(Cc3ccccc3)Cc3cccc(n3)C2)cc1. The minimum atomic E-state index is 0.786. The summed E-state index contributed by atoms with van der Waals surface area (Å²) < 4.78 is 0. The Balaban J connectivity index is 0.732. The summed E-state index contributed by atoms with van der Waals surface area (Å²) in [6.45, 7) is 21.4. The molecule has 2 aliphatic heterocycles. The van der Waals surface area contributed by atoms with Gasteiger partial charge in [-0.05, 0) is 150 Å². The zero-order valence-electron chi connectivity index (χ0n) is 46.6. The standard InChI is InChI=1S/C67H87N11/c1-5-22-58(23-6-1)50-75-44-18-40-73(41-19-45-76(51-59-24-7-2-8-25-59)55-65-33-14-32-64(54-75)71-65)38-16-36-68-48-62-30-13-31-63(70-62)49-69-37-17-39-74-42-20-46-77(52-60-26-9-3-10-27-60)56-66-34-15-35-67(72-66)57-78(47-21-43-74)53-61-28-11-4-12-29-61/h1-15,22-35,68-69H,16-21,36-57H2. The molecule has 3 aromatic heterocycles. The Morgan fingerprint density at radius 1 is 0.295 bits per heavy atom. The van der Waals surface area contributed by atoms with Gasteiger partial charge in [-0.3, -0.25) is 34.6 Å². The fraction of sp³-hybridized carbons (Fsp3) is 0.418. The lowest BCUT2D eigenvalue weighted by Gasteiger charge is -2.29. The van der Waals surface area contributed by atoms with Crippen LogP contribution in [-0.2, 0) is 65.4 Å². The Morgan fingerprint density at radius 3 is 0.885 bits per heavy atom. The Labute approximate surface area is 467 Å². The maximum Gasteiger partial charge on any atom is 0.0548 e. The van der Waals surface area contributed by atoms with Crippen molar-refractivity contribution in [3.63, 3.8) is 0 Å². The fourth-order valence-corrected chi connectivity index (χ4v) is 11.3. The number of nitrogens with zero attached hydrogens (tertiary/aromatic N) is 9. The van der Waals surface area contributed by atoms with Crippen LogP contribution in [0.3, 0.4) is 0 Å². The minimum absolute atomic E-state index is 0.786. The van der Waals surface area contributed by atoms with Crippen molar-refractivity contribution in [1.29, 1.82) is 0 Å². The van der Waals surface area contributed by atoms with Gasteiger partial charge >= 0.3 is 0 Å². The van der Waals surface area contributed by atoms with Crippen molar-refractivity contribution in [3.8, 4) is 0 Å². The van der Waals surface area contributed by atoms with Crippen molar-refractivity contribution in [1.82, 2.24) is 55.0 Å². The van der Waals surface area contributed by atoms with E-state index in [1.54, 1.807) is 0 Å². The van der Waals surface area contributed by atoms with Crippen LogP contribution < -0.4 is 10.6 Å². The van der Waals surface area contributed by atoms with Crippen molar-refractivity contribution in [2.45, 2.75) is 104 Å². The summed E-state index contributed by atoms with van der Waals surface area (Å²) in [7, 11) is 0. The van der Waals surface area contributed by atoms with Crippen LogP contribution in [0.1, 0.15) is 94.9 Å². The van der Waals surface area contributed by atoms with Crippen molar-refractivity contribution in [2.75, 3.05) is 78.5 Å². The molecule has 11 nitrogen and oxygen atoms in total. The molecule has 0 atom stereocenters. The Hall–Kier alpha value is -5.99. The van der Waals surface area contributed by atoms with Gasteiger partial charge in [-0.15, -0.1) is 0 Å². The molecule has 5 heterocycles. The van der Waals surface area contributed by atoms with E-state index in [4.69, 9.17) is 15.0 Å². The van der Waals surface area contributed by atoms with Crippen LogP contribution in [0.25, 0.3) is 0 Å². The third-order valence-corrected chi connectivity index (χ3v) is 15.2. The van der Waals surface area contributed by atoms with E-state index in [0.29, 0.717) is 0 Å². The predicted molar refractivity (Wildman–Crippen MR) is 319 cm³/mol. The van der Waals surface area contributed by atoms with Crippen LogP contribution in [0.2, 0.25) is 0 Å². The second-order valence-corrected chi connectivity index (χ2v) is 21.8. The first kappa shape index (κ1) is 56.7. The summed E-state index contributed by atoms with van der Waals surface area (Å²) in [4.78, 5) is 31.3. The minimum Gasteiger partial charge on any atom is -0.311 e. The Morgan fingerprint density at radius 2 is 0.577 bits per heavy atom. The van der Waals surface area contributed by atoms with E-state index in [1.807, 2.05) is 0 Å². The van der Waals surface area contributed by atoms with E-state index in [2.05, 4.69) is 216 Å². The molecule has 0 saturated heterocycles. The molecule has 9 rings (SSSR count). The van der Waals surface area contributed by atoms with E-state index in [9.17, 15) is 0 Å². The van der Waals surface area contributed by atoms with Gasteiger partial charge in [-0.25, -0.2) is 0 Å². The highest BCUT2D eigenvalue weighted by atomic mass is 15.2. The highest BCUT2D eigenvalue weighted by Crippen LogP contribution is 2.18. The lowest BCUT2D eigenvalue weighted by atomic mass is 10.1. The predicted octanol–water partition coefficient (Wildman–Crippen LogP) is 10.4. The zero-order chi connectivity index (χ0) is 53.1. The third kappa shape index (κ3) is 20.3. The maximum atomic E-state index is 5.20. The number of hydrogen-bond acceptors (Lipinski definition) is 11. The topological polar surface area (TPSA) is 82.2 Å². The third-order valence-electron chi connectivity index (χ3n) is 15.2. The lowest BCUT2D eigenvalue weighted by molar-refractivity contribution is 0.191. The van der Waals surface area contributed by atoms with Gasteiger partial charge < -0.3 is 20.4 Å². The lowest BCUT2D eigenvalue weighted by Crippen LogP contribution is -2.35. The zero-order valence-corrected chi connectivity index (χ0v) is 46.6. The van der Waals surface area contributed by atoms with Gasteiger partial charge in [-0.1, -0.05) is 140 Å². The van der Waals surface area contributed by atoms with Gasteiger partial charge in [0, 0.05) is 91.6 Å². The monoisotopic (exact) mass is 1050 g/mol. The molecule has 4 bridgehead atoms. The molecule has 0 saturated carbocycles. The summed E-state index contributed by atoms with van der Waals surface area (Å²) in [5, 5.41) is 7.51. The molecule has 0 fully saturated rings. The van der Waals surface area contributed by atoms with Crippen LogP contribution in [0.4, 0.5) is 0 Å². The second kappa shape index (κ2) is 32.2.